The fourth-order valence-corrected chi connectivity index (χ4v) is 2.18. The number of imidazole rings is 1. The second-order valence-corrected chi connectivity index (χ2v) is 4.68. The van der Waals surface area contributed by atoms with Crippen LogP contribution in [0, 0.1) is 10.1 Å². The number of nitrogens with zero attached hydrogens (tertiary/aromatic N) is 4. The van der Waals surface area contributed by atoms with Gasteiger partial charge in [-0.15, -0.1) is 0 Å². The first-order valence-electron chi connectivity index (χ1n) is 5.60. The van der Waals surface area contributed by atoms with Crippen molar-refractivity contribution in [3.8, 4) is 0 Å². The molecule has 7 heteroatoms. The number of anilines is 1. The number of aromatic nitrogens is 2. The minimum absolute atomic E-state index is 0.146. The molecule has 0 fully saturated rings. The predicted molar refractivity (Wildman–Crippen MR) is 73.4 cm³/mol. The van der Waals surface area contributed by atoms with Crippen LogP contribution in [0.25, 0.3) is 0 Å². The third kappa shape index (κ3) is 2.85. The van der Waals surface area contributed by atoms with Crippen molar-refractivity contribution in [2.24, 2.45) is 7.05 Å². The fraction of sp³-hybridized carbons (Fsp3) is 0.250. The summed E-state index contributed by atoms with van der Waals surface area (Å²) in [5, 5.41) is 11.6. The van der Waals surface area contributed by atoms with E-state index in [0.29, 0.717) is 17.4 Å². The minimum Gasteiger partial charge on any atom is -0.358 e. The van der Waals surface area contributed by atoms with Gasteiger partial charge in [0.1, 0.15) is 0 Å². The molecule has 19 heavy (non-hydrogen) atoms. The molecular formula is C12H13ClN4O2. The van der Waals surface area contributed by atoms with Gasteiger partial charge in [-0.2, -0.15) is 0 Å². The molecule has 0 atom stereocenters. The summed E-state index contributed by atoms with van der Waals surface area (Å²) in [6.07, 6.45) is 1.43. The molecule has 100 valence electrons. The highest BCUT2D eigenvalue weighted by atomic mass is 35.5. The van der Waals surface area contributed by atoms with Crippen LogP contribution < -0.4 is 4.90 Å². The Bertz CT molecular complexity index is 612. The van der Waals surface area contributed by atoms with Crippen molar-refractivity contribution in [1.29, 1.82) is 0 Å². The summed E-state index contributed by atoms with van der Waals surface area (Å²) in [6.45, 7) is 0.515. The zero-order valence-corrected chi connectivity index (χ0v) is 11.3. The number of benzene rings is 1. The SMILES string of the molecule is CN(Cc1cccc(Cl)c1)c1c([N+](=O)[O-])ncn1C. The van der Waals surface area contributed by atoms with Crippen molar-refractivity contribution in [3.63, 3.8) is 0 Å². The van der Waals surface area contributed by atoms with Gasteiger partial charge < -0.3 is 15.0 Å². The monoisotopic (exact) mass is 280 g/mol. The van der Waals surface area contributed by atoms with Gasteiger partial charge in [0, 0.05) is 25.7 Å². The molecule has 0 spiro atoms. The van der Waals surface area contributed by atoms with Gasteiger partial charge in [-0.3, -0.25) is 4.57 Å². The van der Waals surface area contributed by atoms with Crippen LogP contribution in [0.15, 0.2) is 30.6 Å². The molecule has 6 nitrogen and oxygen atoms in total. The average molecular weight is 281 g/mol. The Balaban J connectivity index is 2.27. The van der Waals surface area contributed by atoms with Gasteiger partial charge >= 0.3 is 5.82 Å². The van der Waals surface area contributed by atoms with Crippen LogP contribution in [0.1, 0.15) is 5.56 Å². The third-order valence-electron chi connectivity index (χ3n) is 2.73. The molecule has 1 heterocycles. The van der Waals surface area contributed by atoms with Crippen molar-refractivity contribution in [2.75, 3.05) is 11.9 Å². The molecule has 1 aromatic heterocycles. The minimum atomic E-state index is -0.482. The lowest BCUT2D eigenvalue weighted by Gasteiger charge is -2.18. The van der Waals surface area contributed by atoms with Crippen LogP contribution in [0.2, 0.25) is 5.02 Å². The molecule has 0 bridgehead atoms. The molecular weight excluding hydrogens is 268 g/mol. The molecule has 0 aliphatic rings. The van der Waals surface area contributed by atoms with Gasteiger partial charge in [0.25, 0.3) is 0 Å². The van der Waals surface area contributed by atoms with E-state index in [0.717, 1.165) is 5.56 Å². The number of nitro groups is 1. The lowest BCUT2D eigenvalue weighted by atomic mass is 10.2. The molecule has 0 aliphatic heterocycles. The Labute approximate surface area is 115 Å². The van der Waals surface area contributed by atoms with E-state index in [2.05, 4.69) is 4.98 Å². The second-order valence-electron chi connectivity index (χ2n) is 4.25. The van der Waals surface area contributed by atoms with Crippen LogP contribution >= 0.6 is 11.6 Å². The first-order valence-corrected chi connectivity index (χ1v) is 5.98. The molecule has 0 N–H and O–H groups in total. The first-order chi connectivity index (χ1) is 8.99. The molecule has 0 saturated heterocycles. The van der Waals surface area contributed by atoms with E-state index in [1.54, 1.807) is 29.6 Å². The molecule has 1 aromatic carbocycles. The van der Waals surface area contributed by atoms with Crippen molar-refractivity contribution in [3.05, 3.63) is 51.3 Å². The Morgan fingerprint density at radius 2 is 2.26 bits per heavy atom. The third-order valence-corrected chi connectivity index (χ3v) is 2.97. The second kappa shape index (κ2) is 5.27. The topological polar surface area (TPSA) is 64.2 Å². The Morgan fingerprint density at radius 1 is 1.53 bits per heavy atom. The summed E-state index contributed by atoms with van der Waals surface area (Å²) in [6, 6.07) is 7.39. The van der Waals surface area contributed by atoms with E-state index in [1.807, 2.05) is 18.2 Å². The molecule has 2 aromatic rings. The van der Waals surface area contributed by atoms with Gasteiger partial charge in [0.05, 0.1) is 0 Å². The largest absolute Gasteiger partial charge is 0.406 e. The number of aryl methyl sites for hydroxylation is 1. The summed E-state index contributed by atoms with van der Waals surface area (Å²) < 4.78 is 1.63. The van der Waals surface area contributed by atoms with Crippen LogP contribution in [-0.2, 0) is 13.6 Å². The van der Waals surface area contributed by atoms with E-state index in [1.165, 1.54) is 6.33 Å². The summed E-state index contributed by atoms with van der Waals surface area (Å²) in [5.74, 6) is 0.317. The number of rotatable bonds is 4. The van der Waals surface area contributed by atoms with Gasteiger partial charge in [0.15, 0.2) is 0 Å². The summed E-state index contributed by atoms with van der Waals surface area (Å²) in [5.41, 5.74) is 0.977. The fourth-order valence-electron chi connectivity index (χ4n) is 1.96. The summed E-state index contributed by atoms with van der Waals surface area (Å²) >= 11 is 5.92. The Kier molecular flexibility index (Phi) is 3.71. The summed E-state index contributed by atoms with van der Waals surface area (Å²) in [4.78, 5) is 16.0. The Hall–Kier alpha value is -2.08. The first kappa shape index (κ1) is 13.4. The maximum Gasteiger partial charge on any atom is 0.406 e. The van der Waals surface area contributed by atoms with Crippen LogP contribution in [-0.4, -0.2) is 21.5 Å². The van der Waals surface area contributed by atoms with Crippen molar-refractivity contribution >= 4 is 23.2 Å². The summed E-state index contributed by atoms with van der Waals surface area (Å²) in [7, 11) is 3.51. The van der Waals surface area contributed by atoms with Crippen LogP contribution in [0.4, 0.5) is 11.6 Å². The molecule has 0 unspecified atom stereocenters. The quantitative estimate of drug-likeness (QED) is 0.638. The van der Waals surface area contributed by atoms with E-state index in [4.69, 9.17) is 11.6 Å². The van der Waals surface area contributed by atoms with Gasteiger partial charge in [-0.1, -0.05) is 23.7 Å². The highest BCUT2D eigenvalue weighted by Gasteiger charge is 2.23. The number of hydrogen-bond donors (Lipinski definition) is 0. The van der Waals surface area contributed by atoms with E-state index in [9.17, 15) is 10.1 Å². The standard InChI is InChI=1S/C12H13ClN4O2/c1-15(7-9-4-3-5-10(13)6-9)12-11(17(18)19)14-8-16(12)2/h3-6,8H,7H2,1-2H3. The predicted octanol–water partition coefficient (Wildman–Crippen LogP) is 2.62. The van der Waals surface area contributed by atoms with Crippen molar-refractivity contribution in [2.45, 2.75) is 6.54 Å². The molecule has 0 radical (unpaired) electrons. The van der Waals surface area contributed by atoms with Gasteiger partial charge in [0.2, 0.25) is 12.1 Å². The molecule has 0 amide bonds. The van der Waals surface area contributed by atoms with Crippen molar-refractivity contribution in [1.82, 2.24) is 9.55 Å². The zero-order valence-electron chi connectivity index (χ0n) is 10.6. The number of halogens is 1. The molecule has 2 rings (SSSR count). The lowest BCUT2D eigenvalue weighted by Crippen LogP contribution is -2.20. The van der Waals surface area contributed by atoms with E-state index in [-0.39, 0.29) is 5.82 Å². The van der Waals surface area contributed by atoms with Gasteiger partial charge in [-0.25, -0.2) is 0 Å². The normalized spacial score (nSPS) is 10.5. The maximum absolute atomic E-state index is 10.9. The molecule has 0 aliphatic carbocycles. The van der Waals surface area contributed by atoms with E-state index < -0.39 is 4.92 Å². The number of hydrogen-bond acceptors (Lipinski definition) is 4. The van der Waals surface area contributed by atoms with Crippen LogP contribution in [0.5, 0.6) is 0 Å². The Morgan fingerprint density at radius 3 is 2.89 bits per heavy atom. The van der Waals surface area contributed by atoms with Gasteiger partial charge in [-0.05, 0) is 27.6 Å². The van der Waals surface area contributed by atoms with Crippen LogP contribution in [0.3, 0.4) is 0 Å². The smallest absolute Gasteiger partial charge is 0.358 e. The highest BCUT2D eigenvalue weighted by molar-refractivity contribution is 6.30. The zero-order chi connectivity index (χ0) is 14.0. The van der Waals surface area contributed by atoms with E-state index >= 15 is 0 Å². The molecule has 0 saturated carbocycles. The van der Waals surface area contributed by atoms with Crippen molar-refractivity contribution < 1.29 is 4.92 Å². The maximum atomic E-state index is 10.9. The lowest BCUT2D eigenvalue weighted by molar-refractivity contribution is -0.388. The average Bonchev–Trinajstić information content (AvgIpc) is 2.71. The highest BCUT2D eigenvalue weighted by Crippen LogP contribution is 2.26.